The molecule has 0 bridgehead atoms. The molecule has 0 fully saturated rings. The molecule has 1 N–H and O–H groups in total. The number of nitrogens with zero attached hydrogens (tertiary/aromatic N) is 3. The van der Waals surface area contributed by atoms with Crippen LogP contribution in [-0.4, -0.2) is 26.6 Å². The van der Waals surface area contributed by atoms with E-state index in [0.717, 1.165) is 28.6 Å². The molecule has 3 aromatic rings. The smallest absolute Gasteiger partial charge is 0.180 e. The number of rotatable bonds is 3. The molecule has 0 unspecified atom stereocenters. The molecular weight excluding hydrogens is 240 g/mol. The zero-order chi connectivity index (χ0) is 13.2. The average Bonchev–Trinajstić information content (AvgIpc) is 3.09. The molecule has 0 spiro atoms. The topological polar surface area (TPSA) is 55.7 Å². The summed E-state index contributed by atoms with van der Waals surface area (Å²) in [5, 5.41) is 0. The third-order valence-electron chi connectivity index (χ3n) is 2.94. The normalized spacial score (nSPS) is 10.6. The third kappa shape index (κ3) is 1.99. The number of hydrogen-bond donors (Lipinski definition) is 1. The molecule has 1 aromatic carbocycles. The SMILES string of the molecule is COc1ccc(C)cc1-n1ccnc1-c1ncc[nH]1. The van der Waals surface area contributed by atoms with Crippen LogP contribution in [0.1, 0.15) is 5.56 Å². The van der Waals surface area contributed by atoms with E-state index < -0.39 is 0 Å². The summed E-state index contributed by atoms with van der Waals surface area (Å²) in [7, 11) is 1.66. The summed E-state index contributed by atoms with van der Waals surface area (Å²) in [6.45, 7) is 2.05. The summed E-state index contributed by atoms with van der Waals surface area (Å²) in [6, 6.07) is 6.04. The highest BCUT2D eigenvalue weighted by Crippen LogP contribution is 2.27. The summed E-state index contributed by atoms with van der Waals surface area (Å²) < 4.78 is 7.38. The summed E-state index contributed by atoms with van der Waals surface area (Å²) in [5.74, 6) is 2.29. The van der Waals surface area contributed by atoms with Crippen molar-refractivity contribution in [2.45, 2.75) is 6.92 Å². The first kappa shape index (κ1) is 11.5. The van der Waals surface area contributed by atoms with Crippen molar-refractivity contribution in [3.05, 3.63) is 48.5 Å². The maximum atomic E-state index is 5.42. The van der Waals surface area contributed by atoms with Gasteiger partial charge in [-0.2, -0.15) is 0 Å². The Bertz CT molecular complexity index is 685. The molecule has 5 nitrogen and oxygen atoms in total. The van der Waals surface area contributed by atoms with Crippen molar-refractivity contribution in [3.8, 4) is 23.1 Å². The lowest BCUT2D eigenvalue weighted by Gasteiger charge is -2.12. The first-order valence-corrected chi connectivity index (χ1v) is 5.97. The van der Waals surface area contributed by atoms with Crippen molar-refractivity contribution in [3.63, 3.8) is 0 Å². The molecule has 96 valence electrons. The number of hydrogen-bond acceptors (Lipinski definition) is 3. The maximum Gasteiger partial charge on any atom is 0.180 e. The van der Waals surface area contributed by atoms with E-state index in [0.29, 0.717) is 0 Å². The van der Waals surface area contributed by atoms with E-state index in [1.807, 2.05) is 29.8 Å². The molecule has 0 aliphatic heterocycles. The van der Waals surface area contributed by atoms with Crippen LogP contribution in [0.3, 0.4) is 0 Å². The number of ether oxygens (including phenoxy) is 1. The van der Waals surface area contributed by atoms with Gasteiger partial charge in [0.1, 0.15) is 5.75 Å². The molecule has 0 atom stereocenters. The number of benzene rings is 1. The second-order valence-electron chi connectivity index (χ2n) is 4.23. The van der Waals surface area contributed by atoms with E-state index in [-0.39, 0.29) is 0 Å². The summed E-state index contributed by atoms with van der Waals surface area (Å²) in [5.41, 5.74) is 2.11. The predicted octanol–water partition coefficient (Wildman–Crippen LogP) is 2.58. The molecule has 0 saturated heterocycles. The van der Waals surface area contributed by atoms with Gasteiger partial charge in [-0.1, -0.05) is 6.07 Å². The minimum absolute atomic E-state index is 0.730. The monoisotopic (exact) mass is 254 g/mol. The fraction of sp³-hybridized carbons (Fsp3) is 0.143. The van der Waals surface area contributed by atoms with E-state index in [1.54, 1.807) is 25.7 Å². The minimum atomic E-state index is 0.730. The molecule has 0 radical (unpaired) electrons. The van der Waals surface area contributed by atoms with Crippen LogP contribution in [-0.2, 0) is 0 Å². The second kappa shape index (κ2) is 4.61. The Morgan fingerprint density at radius 3 is 2.84 bits per heavy atom. The van der Waals surface area contributed by atoms with Gasteiger partial charge in [0.2, 0.25) is 0 Å². The van der Waals surface area contributed by atoms with Crippen LogP contribution in [0.2, 0.25) is 0 Å². The van der Waals surface area contributed by atoms with Crippen LogP contribution < -0.4 is 4.74 Å². The van der Waals surface area contributed by atoms with Gasteiger partial charge in [0.15, 0.2) is 11.6 Å². The molecular formula is C14H14N4O. The fourth-order valence-electron chi connectivity index (χ4n) is 2.05. The molecule has 0 aliphatic carbocycles. The molecule has 19 heavy (non-hydrogen) atoms. The van der Waals surface area contributed by atoms with Gasteiger partial charge in [-0.3, -0.25) is 4.57 Å². The summed E-state index contributed by atoms with van der Waals surface area (Å²) in [6.07, 6.45) is 7.14. The first-order chi connectivity index (χ1) is 9.29. The van der Waals surface area contributed by atoms with Crippen LogP contribution in [0.4, 0.5) is 0 Å². The molecule has 5 heteroatoms. The zero-order valence-electron chi connectivity index (χ0n) is 10.8. The lowest BCUT2D eigenvalue weighted by molar-refractivity contribution is 0.413. The average molecular weight is 254 g/mol. The Kier molecular flexibility index (Phi) is 2.79. The van der Waals surface area contributed by atoms with Crippen molar-refractivity contribution in [2.24, 2.45) is 0 Å². The van der Waals surface area contributed by atoms with Crippen LogP contribution in [0, 0.1) is 6.92 Å². The Hall–Kier alpha value is -2.56. The van der Waals surface area contributed by atoms with Crippen LogP contribution in [0.5, 0.6) is 5.75 Å². The molecule has 2 heterocycles. The van der Waals surface area contributed by atoms with Gasteiger partial charge in [-0.05, 0) is 24.6 Å². The van der Waals surface area contributed by atoms with Gasteiger partial charge in [-0.25, -0.2) is 9.97 Å². The van der Waals surface area contributed by atoms with Crippen molar-refractivity contribution in [2.75, 3.05) is 7.11 Å². The highest BCUT2D eigenvalue weighted by molar-refractivity contribution is 5.56. The highest BCUT2D eigenvalue weighted by atomic mass is 16.5. The lowest BCUT2D eigenvalue weighted by Crippen LogP contribution is -2.00. The second-order valence-corrected chi connectivity index (χ2v) is 4.23. The Morgan fingerprint density at radius 2 is 2.11 bits per heavy atom. The van der Waals surface area contributed by atoms with Crippen LogP contribution in [0.25, 0.3) is 17.3 Å². The van der Waals surface area contributed by atoms with Gasteiger partial charge < -0.3 is 9.72 Å². The summed E-state index contributed by atoms with van der Waals surface area (Å²) >= 11 is 0. The quantitative estimate of drug-likeness (QED) is 0.781. The number of methoxy groups -OCH3 is 1. The van der Waals surface area contributed by atoms with E-state index >= 15 is 0 Å². The Morgan fingerprint density at radius 1 is 1.21 bits per heavy atom. The molecule has 3 rings (SSSR count). The number of nitrogens with one attached hydrogen (secondary N) is 1. The zero-order valence-corrected chi connectivity index (χ0v) is 10.8. The third-order valence-corrected chi connectivity index (χ3v) is 2.94. The van der Waals surface area contributed by atoms with Crippen molar-refractivity contribution in [1.29, 1.82) is 0 Å². The Balaban J connectivity index is 2.18. The van der Waals surface area contributed by atoms with E-state index in [1.165, 1.54) is 0 Å². The van der Waals surface area contributed by atoms with Crippen molar-refractivity contribution >= 4 is 0 Å². The van der Waals surface area contributed by atoms with Gasteiger partial charge >= 0.3 is 0 Å². The first-order valence-electron chi connectivity index (χ1n) is 5.97. The van der Waals surface area contributed by atoms with E-state index in [9.17, 15) is 0 Å². The molecule has 0 saturated carbocycles. The lowest BCUT2D eigenvalue weighted by atomic mass is 10.2. The number of aromatic amines is 1. The minimum Gasteiger partial charge on any atom is -0.495 e. The van der Waals surface area contributed by atoms with Gasteiger partial charge in [-0.15, -0.1) is 0 Å². The van der Waals surface area contributed by atoms with Crippen molar-refractivity contribution < 1.29 is 4.74 Å². The van der Waals surface area contributed by atoms with Gasteiger partial charge in [0.25, 0.3) is 0 Å². The number of imidazole rings is 2. The maximum absolute atomic E-state index is 5.42. The number of aromatic nitrogens is 4. The predicted molar refractivity (Wildman–Crippen MR) is 72.4 cm³/mol. The molecule has 0 amide bonds. The van der Waals surface area contributed by atoms with Gasteiger partial charge in [0, 0.05) is 24.8 Å². The van der Waals surface area contributed by atoms with Gasteiger partial charge in [0.05, 0.1) is 12.8 Å². The van der Waals surface area contributed by atoms with E-state index in [2.05, 4.69) is 21.0 Å². The molecule has 2 aromatic heterocycles. The van der Waals surface area contributed by atoms with Crippen LogP contribution >= 0.6 is 0 Å². The molecule has 0 aliphatic rings. The largest absolute Gasteiger partial charge is 0.495 e. The number of H-pyrrole nitrogens is 1. The van der Waals surface area contributed by atoms with Crippen molar-refractivity contribution in [1.82, 2.24) is 19.5 Å². The standard InChI is InChI=1S/C14H14N4O/c1-10-3-4-12(19-2)11(9-10)18-8-7-17-14(18)13-15-5-6-16-13/h3-9H,1-2H3,(H,15,16). The van der Waals surface area contributed by atoms with E-state index in [4.69, 9.17) is 4.74 Å². The Labute approximate surface area is 110 Å². The van der Waals surface area contributed by atoms with Crippen LogP contribution in [0.15, 0.2) is 43.0 Å². The highest BCUT2D eigenvalue weighted by Gasteiger charge is 2.13. The fourth-order valence-corrected chi connectivity index (χ4v) is 2.05. The number of aryl methyl sites for hydroxylation is 1. The summed E-state index contributed by atoms with van der Waals surface area (Å²) in [4.78, 5) is 11.7.